The first-order chi connectivity index (χ1) is 14.4. The number of benzene rings is 1. The average Bonchev–Trinajstić information content (AvgIpc) is 2.74. The summed E-state index contributed by atoms with van der Waals surface area (Å²) in [6.45, 7) is 16.9. The number of halogens is 1. The number of hydrogen-bond acceptors (Lipinski definition) is 3. The van der Waals surface area contributed by atoms with E-state index in [0.717, 1.165) is 67.5 Å². The Hall–Kier alpha value is -2.66. The lowest BCUT2D eigenvalue weighted by atomic mass is 9.73. The van der Waals surface area contributed by atoms with Crippen LogP contribution in [-0.4, -0.2) is 18.8 Å². The van der Waals surface area contributed by atoms with E-state index in [1.807, 2.05) is 25.1 Å². The smallest absolute Gasteiger partial charge is 0.126 e. The molecule has 1 heterocycles. The highest BCUT2D eigenvalue weighted by molar-refractivity contribution is 6.33. The quantitative estimate of drug-likeness (QED) is 0.242. The molecule has 2 rings (SSSR count). The van der Waals surface area contributed by atoms with Gasteiger partial charge in [0.05, 0.1) is 11.9 Å². The first kappa shape index (κ1) is 23.6. The van der Waals surface area contributed by atoms with Crippen molar-refractivity contribution in [1.82, 2.24) is 10.3 Å². The number of anilines is 1. The van der Waals surface area contributed by atoms with E-state index in [1.165, 1.54) is 0 Å². The summed E-state index contributed by atoms with van der Waals surface area (Å²) >= 11 is 0. The number of aromatic nitrogens is 1. The molecule has 158 valence electrons. The Balaban J connectivity index is 1.75. The Morgan fingerprint density at radius 3 is 2.73 bits per heavy atom. The summed E-state index contributed by atoms with van der Waals surface area (Å²) in [5.41, 5.74) is 5.52. The van der Waals surface area contributed by atoms with E-state index < -0.39 is 0 Å². The van der Waals surface area contributed by atoms with E-state index in [-0.39, 0.29) is 11.9 Å². The predicted molar refractivity (Wildman–Crippen MR) is 130 cm³/mol. The highest BCUT2D eigenvalue weighted by Gasteiger charge is 2.11. The minimum atomic E-state index is -0.145. The molecule has 0 spiro atoms. The molecule has 5 heteroatoms. The summed E-state index contributed by atoms with van der Waals surface area (Å²) in [6.07, 6.45) is 9.29. The van der Waals surface area contributed by atoms with Crippen LogP contribution in [-0.2, 0) is 0 Å². The molecule has 2 N–H and O–H groups in total. The Labute approximate surface area is 181 Å². The monoisotopic (exact) mass is 405 g/mol. The summed E-state index contributed by atoms with van der Waals surface area (Å²) in [4.78, 5) is 4.19. The predicted octanol–water partition coefficient (Wildman–Crippen LogP) is 6.06. The van der Waals surface area contributed by atoms with Crippen LogP contribution in [0.2, 0.25) is 13.1 Å². The van der Waals surface area contributed by atoms with Gasteiger partial charge in [-0.3, -0.25) is 4.98 Å². The molecule has 0 saturated heterocycles. The minimum absolute atomic E-state index is 0.145. The van der Waals surface area contributed by atoms with E-state index in [1.54, 1.807) is 24.5 Å². The highest BCUT2D eigenvalue weighted by atomic mass is 19.1. The van der Waals surface area contributed by atoms with Gasteiger partial charge < -0.3 is 10.6 Å². The molecule has 0 radical (unpaired) electrons. The van der Waals surface area contributed by atoms with Crippen LogP contribution < -0.4 is 10.6 Å². The van der Waals surface area contributed by atoms with Crippen LogP contribution in [0.3, 0.4) is 0 Å². The topological polar surface area (TPSA) is 37.0 Å². The van der Waals surface area contributed by atoms with Gasteiger partial charge >= 0.3 is 0 Å². The number of allylic oxidation sites excluding steroid dienone is 1. The van der Waals surface area contributed by atoms with Gasteiger partial charge in [-0.15, -0.1) is 0 Å². The van der Waals surface area contributed by atoms with Crippen molar-refractivity contribution in [3.63, 3.8) is 0 Å². The minimum Gasteiger partial charge on any atom is -0.355 e. The molecule has 0 aliphatic carbocycles. The van der Waals surface area contributed by atoms with Crippen LogP contribution >= 0.6 is 0 Å². The van der Waals surface area contributed by atoms with Gasteiger partial charge in [0.25, 0.3) is 0 Å². The number of nitrogens with zero attached hydrogens (tertiary/aromatic N) is 1. The lowest BCUT2D eigenvalue weighted by Crippen LogP contribution is -2.23. The zero-order chi connectivity index (χ0) is 21.9. The molecule has 0 bridgehead atoms. The number of aryl methyl sites for hydroxylation is 1. The summed E-state index contributed by atoms with van der Waals surface area (Å²) in [5, 5.41) is 6.90. The molecule has 3 nitrogen and oxygen atoms in total. The van der Waals surface area contributed by atoms with Crippen molar-refractivity contribution in [1.29, 1.82) is 0 Å². The van der Waals surface area contributed by atoms with Crippen molar-refractivity contribution in [3.05, 3.63) is 90.2 Å². The van der Waals surface area contributed by atoms with Crippen LogP contribution in [0.1, 0.15) is 42.0 Å². The van der Waals surface area contributed by atoms with Crippen molar-refractivity contribution < 1.29 is 4.39 Å². The fourth-order valence-electron chi connectivity index (χ4n) is 3.35. The Morgan fingerprint density at radius 1 is 1.23 bits per heavy atom. The van der Waals surface area contributed by atoms with Gasteiger partial charge in [0.15, 0.2) is 0 Å². The zero-order valence-electron chi connectivity index (χ0n) is 18.3. The van der Waals surface area contributed by atoms with E-state index >= 15 is 0 Å². The summed E-state index contributed by atoms with van der Waals surface area (Å²) in [6, 6.07) is 7.66. The van der Waals surface area contributed by atoms with Crippen LogP contribution in [0.15, 0.2) is 67.7 Å². The zero-order valence-corrected chi connectivity index (χ0v) is 18.3. The molecular weight excluding hydrogens is 372 g/mol. The summed E-state index contributed by atoms with van der Waals surface area (Å²) in [7, 11) is 1.08. The molecular formula is C25H33BFN3. The molecule has 0 fully saturated rings. The number of pyridine rings is 1. The fourth-order valence-corrected chi connectivity index (χ4v) is 3.35. The number of rotatable bonds is 13. The molecule has 0 aliphatic rings. The molecule has 2 aromatic rings. The second kappa shape index (κ2) is 12.1. The van der Waals surface area contributed by atoms with Gasteiger partial charge in [0.1, 0.15) is 13.1 Å². The maximum absolute atomic E-state index is 13.6. The Kier molecular flexibility index (Phi) is 9.55. The van der Waals surface area contributed by atoms with Crippen molar-refractivity contribution >= 4 is 19.0 Å². The molecule has 0 amide bonds. The number of nitrogens with one attached hydrogen (secondary N) is 2. The maximum Gasteiger partial charge on any atom is 0.126 e. The van der Waals surface area contributed by atoms with E-state index in [2.05, 4.69) is 42.2 Å². The largest absolute Gasteiger partial charge is 0.355 e. The van der Waals surface area contributed by atoms with Gasteiger partial charge in [-0.2, -0.15) is 0 Å². The second-order valence-corrected chi connectivity index (χ2v) is 7.68. The van der Waals surface area contributed by atoms with Crippen molar-refractivity contribution in [2.24, 2.45) is 0 Å². The molecule has 1 aromatic heterocycles. The Morgan fingerprint density at radius 2 is 2.03 bits per heavy atom. The summed E-state index contributed by atoms with van der Waals surface area (Å²) < 4.78 is 13.6. The molecule has 30 heavy (non-hydrogen) atoms. The van der Waals surface area contributed by atoms with Crippen molar-refractivity contribution in [3.8, 4) is 0 Å². The maximum atomic E-state index is 13.6. The second-order valence-electron chi connectivity index (χ2n) is 7.68. The average molecular weight is 405 g/mol. The van der Waals surface area contributed by atoms with Gasteiger partial charge in [-0.25, -0.2) is 4.39 Å². The third kappa shape index (κ3) is 7.31. The SMILES string of the molecule is C=Cc1cncc(NC(=C)C(=C)CCCCNC(CBC)c2ccc(F)c(C)c2)c1. The van der Waals surface area contributed by atoms with Crippen LogP contribution in [0.25, 0.3) is 6.08 Å². The van der Waals surface area contributed by atoms with Gasteiger partial charge in [0.2, 0.25) is 0 Å². The molecule has 1 atom stereocenters. The van der Waals surface area contributed by atoms with Gasteiger partial charge in [-0.05, 0) is 67.1 Å². The Bertz CT molecular complexity index is 878. The summed E-state index contributed by atoms with van der Waals surface area (Å²) in [5.74, 6) is -0.145. The van der Waals surface area contributed by atoms with E-state index in [0.29, 0.717) is 5.56 Å². The fraction of sp³-hybridized carbons (Fsp3) is 0.320. The van der Waals surface area contributed by atoms with Crippen molar-refractivity contribution in [2.75, 3.05) is 11.9 Å². The van der Waals surface area contributed by atoms with Crippen LogP contribution in [0.5, 0.6) is 0 Å². The third-order valence-electron chi connectivity index (χ3n) is 5.17. The molecule has 0 saturated carbocycles. The third-order valence-corrected chi connectivity index (χ3v) is 5.17. The first-order valence-corrected chi connectivity index (χ1v) is 10.7. The van der Waals surface area contributed by atoms with Crippen LogP contribution in [0, 0.1) is 12.7 Å². The van der Waals surface area contributed by atoms with E-state index in [9.17, 15) is 4.39 Å². The van der Waals surface area contributed by atoms with Crippen molar-refractivity contribution in [2.45, 2.75) is 45.4 Å². The molecule has 1 aromatic carbocycles. The normalized spacial score (nSPS) is 11.6. The number of unbranched alkanes of at least 4 members (excludes halogenated alkanes) is 1. The van der Waals surface area contributed by atoms with Gasteiger partial charge in [0, 0.05) is 17.9 Å². The highest BCUT2D eigenvalue weighted by Crippen LogP contribution is 2.21. The van der Waals surface area contributed by atoms with E-state index in [4.69, 9.17) is 0 Å². The lowest BCUT2D eigenvalue weighted by molar-refractivity contribution is 0.543. The first-order valence-electron chi connectivity index (χ1n) is 10.7. The van der Waals surface area contributed by atoms with Gasteiger partial charge in [-0.1, -0.05) is 51.1 Å². The lowest BCUT2D eigenvalue weighted by Gasteiger charge is -2.19. The van der Waals surface area contributed by atoms with Crippen LogP contribution in [0.4, 0.5) is 10.1 Å². The molecule has 0 aliphatic heterocycles. The number of hydrogen-bond donors (Lipinski definition) is 2. The standard InChI is InChI=1S/C25H33BFN3/c1-6-21-14-23(17-28-16-21)30-20(4)18(2)9-7-8-12-29-25(15-26-5)22-10-11-24(27)19(3)13-22/h6,10-11,13-14,16-17,25-26,29-30H,1-2,4,7-9,12,15H2,3,5H3. The molecule has 1 unspecified atom stereocenters.